The van der Waals surface area contributed by atoms with Gasteiger partial charge in [0.05, 0.1) is 5.01 Å². The molecule has 0 N–H and O–H groups in total. The van der Waals surface area contributed by atoms with Crippen LogP contribution in [0.1, 0.15) is 20.9 Å². The molecule has 1 aromatic carbocycles. The van der Waals surface area contributed by atoms with Crippen molar-refractivity contribution in [3.63, 3.8) is 0 Å². The minimum absolute atomic E-state index is 0.0738. The van der Waals surface area contributed by atoms with Crippen LogP contribution in [0.2, 0.25) is 0 Å². The van der Waals surface area contributed by atoms with Crippen LogP contribution >= 0.6 is 11.3 Å². The van der Waals surface area contributed by atoms with Crippen LogP contribution in [0, 0.1) is 6.92 Å². The van der Waals surface area contributed by atoms with Gasteiger partial charge in [-0.3, -0.25) is 4.79 Å². The maximum absolute atomic E-state index is 12.2. The molecule has 0 atom stereocenters. The first-order valence-corrected chi connectivity index (χ1v) is 6.76. The summed E-state index contributed by atoms with van der Waals surface area (Å²) in [6.07, 6.45) is 2.61. The molecule has 2 aromatic rings. The second-order valence-electron chi connectivity index (χ2n) is 4.22. The zero-order valence-corrected chi connectivity index (χ0v) is 11.4. The van der Waals surface area contributed by atoms with Crippen molar-refractivity contribution in [1.29, 1.82) is 0 Å². The number of carbonyl (C=O) groups excluding carboxylic acids is 1. The molecule has 0 saturated heterocycles. The molecule has 0 aliphatic carbocycles. The SMILES string of the molecule is Cc1ccccc1C(=O)N(C)CCc1nccs1. The number of aryl methyl sites for hydroxylation is 1. The number of nitrogens with zero attached hydrogens (tertiary/aromatic N) is 2. The van der Waals surface area contributed by atoms with Crippen LogP contribution in [-0.2, 0) is 6.42 Å². The fourth-order valence-corrected chi connectivity index (χ4v) is 2.37. The van der Waals surface area contributed by atoms with Gasteiger partial charge in [-0.1, -0.05) is 18.2 Å². The summed E-state index contributed by atoms with van der Waals surface area (Å²) in [6.45, 7) is 2.66. The Bertz CT molecular complexity index is 522. The van der Waals surface area contributed by atoms with E-state index in [9.17, 15) is 4.79 Å². The zero-order chi connectivity index (χ0) is 13.0. The van der Waals surface area contributed by atoms with Crippen LogP contribution in [0.5, 0.6) is 0 Å². The summed E-state index contributed by atoms with van der Waals surface area (Å²) in [5.74, 6) is 0.0738. The molecule has 0 unspecified atom stereocenters. The molecule has 94 valence electrons. The summed E-state index contributed by atoms with van der Waals surface area (Å²) in [5.41, 5.74) is 1.79. The number of amides is 1. The smallest absolute Gasteiger partial charge is 0.253 e. The molecule has 0 saturated carbocycles. The molecule has 0 aliphatic rings. The quantitative estimate of drug-likeness (QED) is 0.847. The monoisotopic (exact) mass is 260 g/mol. The summed E-state index contributed by atoms with van der Waals surface area (Å²) in [6, 6.07) is 7.68. The lowest BCUT2D eigenvalue weighted by atomic mass is 10.1. The molecular weight excluding hydrogens is 244 g/mol. The molecule has 0 aliphatic heterocycles. The first kappa shape index (κ1) is 12.8. The third-order valence-corrected chi connectivity index (χ3v) is 3.71. The Morgan fingerprint density at radius 3 is 2.83 bits per heavy atom. The summed E-state index contributed by atoms with van der Waals surface area (Å²) in [4.78, 5) is 18.2. The van der Waals surface area contributed by atoms with Crippen molar-refractivity contribution >= 4 is 17.2 Å². The normalized spacial score (nSPS) is 10.3. The van der Waals surface area contributed by atoms with E-state index < -0.39 is 0 Å². The van der Waals surface area contributed by atoms with E-state index in [1.165, 1.54) is 0 Å². The third kappa shape index (κ3) is 2.96. The third-order valence-electron chi connectivity index (χ3n) is 2.87. The van der Waals surface area contributed by atoms with Crippen LogP contribution in [0.4, 0.5) is 0 Å². The Hall–Kier alpha value is -1.68. The molecule has 0 spiro atoms. The topological polar surface area (TPSA) is 33.2 Å². The maximum Gasteiger partial charge on any atom is 0.253 e. The van der Waals surface area contributed by atoms with E-state index >= 15 is 0 Å². The summed E-state index contributed by atoms with van der Waals surface area (Å²) < 4.78 is 0. The highest BCUT2D eigenvalue weighted by atomic mass is 32.1. The van der Waals surface area contributed by atoms with Crippen molar-refractivity contribution in [1.82, 2.24) is 9.88 Å². The van der Waals surface area contributed by atoms with E-state index in [0.717, 1.165) is 22.6 Å². The van der Waals surface area contributed by atoms with Gasteiger partial charge in [-0.15, -0.1) is 11.3 Å². The van der Waals surface area contributed by atoms with Gasteiger partial charge < -0.3 is 4.90 Å². The van der Waals surface area contributed by atoms with E-state index in [4.69, 9.17) is 0 Å². The minimum Gasteiger partial charge on any atom is -0.341 e. The largest absolute Gasteiger partial charge is 0.341 e. The van der Waals surface area contributed by atoms with Gasteiger partial charge in [0.1, 0.15) is 0 Å². The van der Waals surface area contributed by atoms with Gasteiger partial charge in [0.15, 0.2) is 0 Å². The average Bonchev–Trinajstić information content (AvgIpc) is 2.89. The summed E-state index contributed by atoms with van der Waals surface area (Å²) in [7, 11) is 1.84. The lowest BCUT2D eigenvalue weighted by Crippen LogP contribution is -2.29. The van der Waals surface area contributed by atoms with Gasteiger partial charge in [0.25, 0.3) is 5.91 Å². The average molecular weight is 260 g/mol. The van der Waals surface area contributed by atoms with Crippen molar-refractivity contribution in [2.75, 3.05) is 13.6 Å². The zero-order valence-electron chi connectivity index (χ0n) is 10.6. The highest BCUT2D eigenvalue weighted by Crippen LogP contribution is 2.11. The number of thiazole rings is 1. The van der Waals surface area contributed by atoms with Crippen molar-refractivity contribution < 1.29 is 4.79 Å². The number of rotatable bonds is 4. The van der Waals surface area contributed by atoms with Crippen molar-refractivity contribution in [2.24, 2.45) is 0 Å². The first-order valence-electron chi connectivity index (χ1n) is 5.88. The van der Waals surface area contributed by atoms with Gasteiger partial charge in [-0.05, 0) is 18.6 Å². The van der Waals surface area contributed by atoms with Gasteiger partial charge in [0, 0.05) is 37.2 Å². The molecule has 0 fully saturated rings. The van der Waals surface area contributed by atoms with Crippen LogP contribution in [0.25, 0.3) is 0 Å². The van der Waals surface area contributed by atoms with E-state index in [1.807, 2.05) is 43.6 Å². The van der Waals surface area contributed by atoms with Crippen molar-refractivity contribution in [3.05, 3.63) is 52.0 Å². The second-order valence-corrected chi connectivity index (χ2v) is 5.20. The number of hydrogen-bond donors (Lipinski definition) is 0. The number of carbonyl (C=O) groups is 1. The Morgan fingerprint density at radius 1 is 1.39 bits per heavy atom. The van der Waals surface area contributed by atoms with Crippen LogP contribution in [-0.4, -0.2) is 29.4 Å². The predicted molar refractivity (Wildman–Crippen MR) is 74.0 cm³/mol. The second kappa shape index (κ2) is 5.78. The molecule has 2 rings (SSSR count). The Kier molecular flexibility index (Phi) is 4.10. The van der Waals surface area contributed by atoms with Gasteiger partial charge in [-0.25, -0.2) is 4.98 Å². The molecule has 1 amide bonds. The molecular formula is C14H16N2OS. The number of aromatic nitrogens is 1. The predicted octanol–water partition coefficient (Wildman–Crippen LogP) is 2.77. The molecule has 1 heterocycles. The Labute approximate surface area is 111 Å². The van der Waals surface area contributed by atoms with E-state index in [1.54, 1.807) is 22.4 Å². The first-order chi connectivity index (χ1) is 8.68. The van der Waals surface area contributed by atoms with Crippen molar-refractivity contribution in [3.8, 4) is 0 Å². The Balaban J connectivity index is 1.99. The molecule has 4 heteroatoms. The van der Waals surface area contributed by atoms with Crippen LogP contribution in [0.15, 0.2) is 35.8 Å². The number of benzene rings is 1. The Morgan fingerprint density at radius 2 is 2.17 bits per heavy atom. The number of likely N-dealkylation sites (N-methyl/N-ethyl adjacent to an activating group) is 1. The summed E-state index contributed by atoms with van der Waals surface area (Å²) in [5, 5.41) is 3.03. The number of hydrogen-bond acceptors (Lipinski definition) is 3. The van der Waals surface area contributed by atoms with Gasteiger partial charge in [0.2, 0.25) is 0 Å². The maximum atomic E-state index is 12.2. The molecule has 18 heavy (non-hydrogen) atoms. The van der Waals surface area contributed by atoms with Gasteiger partial charge in [-0.2, -0.15) is 0 Å². The van der Waals surface area contributed by atoms with Crippen LogP contribution < -0.4 is 0 Å². The van der Waals surface area contributed by atoms with Gasteiger partial charge >= 0.3 is 0 Å². The van der Waals surface area contributed by atoms with Crippen LogP contribution in [0.3, 0.4) is 0 Å². The molecule has 0 bridgehead atoms. The highest BCUT2D eigenvalue weighted by Gasteiger charge is 2.13. The van der Waals surface area contributed by atoms with E-state index in [2.05, 4.69) is 4.98 Å². The van der Waals surface area contributed by atoms with E-state index in [-0.39, 0.29) is 5.91 Å². The summed E-state index contributed by atoms with van der Waals surface area (Å²) >= 11 is 1.63. The molecule has 1 aromatic heterocycles. The molecule has 3 nitrogen and oxygen atoms in total. The minimum atomic E-state index is 0.0738. The lowest BCUT2D eigenvalue weighted by Gasteiger charge is -2.17. The van der Waals surface area contributed by atoms with E-state index in [0.29, 0.717) is 6.54 Å². The highest BCUT2D eigenvalue weighted by molar-refractivity contribution is 7.09. The fourth-order valence-electron chi connectivity index (χ4n) is 1.76. The standard InChI is InChI=1S/C14H16N2OS/c1-11-5-3-4-6-12(11)14(17)16(2)9-7-13-15-8-10-18-13/h3-6,8,10H,7,9H2,1-2H3. The fraction of sp³-hybridized carbons (Fsp3) is 0.286. The lowest BCUT2D eigenvalue weighted by molar-refractivity contribution is 0.0796. The molecule has 0 radical (unpaired) electrons. The van der Waals surface area contributed by atoms with Crippen molar-refractivity contribution in [2.45, 2.75) is 13.3 Å².